The van der Waals surface area contributed by atoms with Crippen molar-refractivity contribution in [3.63, 3.8) is 0 Å². The van der Waals surface area contributed by atoms with E-state index in [9.17, 15) is 0 Å². The molecule has 1 aliphatic rings. The maximum atomic E-state index is 6.39. The van der Waals surface area contributed by atoms with E-state index < -0.39 is 8.32 Å². The third-order valence-corrected chi connectivity index (χ3v) is 8.47. The van der Waals surface area contributed by atoms with Gasteiger partial charge in [0.1, 0.15) is 0 Å². The molecular weight excluding hydrogens is 224 g/mol. The molecule has 0 bridgehead atoms. The summed E-state index contributed by atoms with van der Waals surface area (Å²) in [5.41, 5.74) is 0. The van der Waals surface area contributed by atoms with Crippen molar-refractivity contribution >= 4 is 8.32 Å². The zero-order valence-corrected chi connectivity index (χ0v) is 13.2. The van der Waals surface area contributed by atoms with Gasteiger partial charge in [-0.1, -0.05) is 26.8 Å². The molecule has 0 saturated carbocycles. The summed E-state index contributed by atoms with van der Waals surface area (Å²) >= 11 is 0. The molecular formula is C15H28OSi. The lowest BCUT2D eigenvalue weighted by atomic mass is 9.92. The van der Waals surface area contributed by atoms with Crippen LogP contribution in [0.2, 0.25) is 18.1 Å². The Morgan fingerprint density at radius 2 is 2.12 bits per heavy atom. The van der Waals surface area contributed by atoms with E-state index in [4.69, 9.17) is 4.43 Å². The second-order valence-corrected chi connectivity index (χ2v) is 11.4. The summed E-state index contributed by atoms with van der Waals surface area (Å²) in [6.07, 6.45) is 9.14. The van der Waals surface area contributed by atoms with Gasteiger partial charge in [-0.15, -0.1) is 6.58 Å². The molecule has 0 aromatic rings. The highest BCUT2D eigenvalue weighted by atomic mass is 28.4. The highest BCUT2D eigenvalue weighted by Crippen LogP contribution is 2.39. The maximum absolute atomic E-state index is 6.39. The van der Waals surface area contributed by atoms with Crippen molar-refractivity contribution < 1.29 is 4.43 Å². The van der Waals surface area contributed by atoms with Crippen molar-refractivity contribution in [1.82, 2.24) is 0 Å². The van der Waals surface area contributed by atoms with Crippen LogP contribution in [0, 0.1) is 5.92 Å². The smallest absolute Gasteiger partial charge is 0.250 e. The van der Waals surface area contributed by atoms with Crippen molar-refractivity contribution in [3.05, 3.63) is 24.5 Å². The van der Waals surface area contributed by atoms with E-state index in [1.165, 1.54) is 18.6 Å². The van der Waals surface area contributed by atoms with Crippen LogP contribution in [0.4, 0.5) is 0 Å². The van der Waals surface area contributed by atoms with Gasteiger partial charge in [0, 0.05) is 6.42 Å². The van der Waals surface area contributed by atoms with E-state index >= 15 is 0 Å². The summed E-state index contributed by atoms with van der Waals surface area (Å²) in [6, 6.07) is 0. The Balaban J connectivity index is 2.71. The number of rotatable bonds is 4. The van der Waals surface area contributed by atoms with Crippen molar-refractivity contribution in [2.24, 2.45) is 5.92 Å². The first kappa shape index (κ1) is 14.6. The van der Waals surface area contributed by atoms with Gasteiger partial charge in [0.15, 0.2) is 0 Å². The molecule has 0 radical (unpaired) electrons. The Morgan fingerprint density at radius 1 is 1.47 bits per heavy atom. The molecule has 0 saturated heterocycles. The van der Waals surface area contributed by atoms with E-state index in [1.807, 2.05) is 6.08 Å². The van der Waals surface area contributed by atoms with Gasteiger partial charge in [-0.2, -0.15) is 0 Å². The lowest BCUT2D eigenvalue weighted by Gasteiger charge is -2.38. The monoisotopic (exact) mass is 252 g/mol. The first-order valence-corrected chi connectivity index (χ1v) is 9.68. The van der Waals surface area contributed by atoms with Gasteiger partial charge in [-0.05, 0) is 49.4 Å². The van der Waals surface area contributed by atoms with Crippen LogP contribution >= 0.6 is 0 Å². The normalized spacial score (nSPS) is 21.9. The van der Waals surface area contributed by atoms with Crippen LogP contribution in [-0.4, -0.2) is 8.32 Å². The molecule has 0 aromatic heterocycles. The van der Waals surface area contributed by atoms with Crippen LogP contribution in [0.15, 0.2) is 24.5 Å². The van der Waals surface area contributed by atoms with E-state index in [-0.39, 0.29) is 0 Å². The predicted octanol–water partition coefficient (Wildman–Crippen LogP) is 5.27. The summed E-state index contributed by atoms with van der Waals surface area (Å²) in [7, 11) is -1.64. The summed E-state index contributed by atoms with van der Waals surface area (Å²) in [6.45, 7) is 15.4. The zero-order chi connectivity index (χ0) is 13.1. The van der Waals surface area contributed by atoms with Crippen LogP contribution in [-0.2, 0) is 4.43 Å². The highest BCUT2D eigenvalue weighted by molar-refractivity contribution is 6.74. The summed E-state index contributed by atoms with van der Waals surface area (Å²) in [5, 5.41) is 0.291. The molecule has 1 nitrogen and oxygen atoms in total. The second kappa shape index (κ2) is 5.43. The molecule has 0 amide bonds. The van der Waals surface area contributed by atoms with Crippen molar-refractivity contribution in [1.29, 1.82) is 0 Å². The number of hydrogen-bond donors (Lipinski definition) is 0. The van der Waals surface area contributed by atoms with Gasteiger partial charge in [0.25, 0.3) is 0 Å². The van der Waals surface area contributed by atoms with Gasteiger partial charge in [-0.25, -0.2) is 0 Å². The zero-order valence-electron chi connectivity index (χ0n) is 12.2. The first-order chi connectivity index (χ1) is 7.76. The fourth-order valence-electron chi connectivity index (χ4n) is 1.93. The minimum atomic E-state index is -1.64. The minimum Gasteiger partial charge on any atom is -0.547 e. The van der Waals surface area contributed by atoms with Gasteiger partial charge in [-0.3, -0.25) is 0 Å². The highest BCUT2D eigenvalue weighted by Gasteiger charge is 2.39. The van der Waals surface area contributed by atoms with Gasteiger partial charge in [0.2, 0.25) is 8.32 Å². The van der Waals surface area contributed by atoms with Crippen LogP contribution in [0.1, 0.15) is 46.5 Å². The van der Waals surface area contributed by atoms with Crippen LogP contribution in [0.5, 0.6) is 0 Å². The van der Waals surface area contributed by atoms with Crippen LogP contribution in [0.25, 0.3) is 0 Å². The van der Waals surface area contributed by atoms with E-state index in [0.717, 1.165) is 12.8 Å². The quantitative estimate of drug-likeness (QED) is 0.489. The summed E-state index contributed by atoms with van der Waals surface area (Å²) < 4.78 is 6.39. The van der Waals surface area contributed by atoms with Gasteiger partial charge >= 0.3 is 0 Å². The molecule has 0 aliphatic heterocycles. The Labute approximate surface area is 108 Å². The van der Waals surface area contributed by atoms with Crippen molar-refractivity contribution in [2.45, 2.75) is 64.6 Å². The predicted molar refractivity (Wildman–Crippen MR) is 78.5 cm³/mol. The molecule has 0 N–H and O–H groups in total. The third kappa shape index (κ3) is 4.02. The molecule has 1 aliphatic carbocycles. The van der Waals surface area contributed by atoms with E-state index in [2.05, 4.69) is 46.5 Å². The van der Waals surface area contributed by atoms with Gasteiger partial charge in [0.05, 0.1) is 5.76 Å². The molecule has 0 aromatic carbocycles. The van der Waals surface area contributed by atoms with E-state index in [0.29, 0.717) is 11.0 Å². The maximum Gasteiger partial charge on any atom is 0.250 e. The Kier molecular flexibility index (Phi) is 4.65. The largest absolute Gasteiger partial charge is 0.547 e. The summed E-state index contributed by atoms with van der Waals surface area (Å²) in [4.78, 5) is 0. The number of allylic oxidation sites excluding steroid dienone is 3. The minimum absolute atomic E-state index is 0.291. The first-order valence-electron chi connectivity index (χ1n) is 6.77. The molecule has 1 atom stereocenters. The molecule has 0 fully saturated rings. The second-order valence-electron chi connectivity index (χ2n) is 6.67. The average molecular weight is 252 g/mol. The van der Waals surface area contributed by atoms with Gasteiger partial charge < -0.3 is 4.43 Å². The number of hydrogen-bond acceptors (Lipinski definition) is 1. The molecule has 0 spiro atoms. The Hall–Kier alpha value is -0.503. The summed E-state index contributed by atoms with van der Waals surface area (Å²) in [5.74, 6) is 1.90. The van der Waals surface area contributed by atoms with Crippen LogP contribution < -0.4 is 0 Å². The SMILES string of the molecule is C=CCC1C=C(O[Si](C)(C)C(C)(C)C)CCC1. The fraction of sp³-hybridized carbons (Fsp3) is 0.733. The molecule has 1 unspecified atom stereocenters. The molecule has 17 heavy (non-hydrogen) atoms. The Bertz CT molecular complexity index is 297. The van der Waals surface area contributed by atoms with Crippen molar-refractivity contribution in [2.75, 3.05) is 0 Å². The third-order valence-electron chi connectivity index (χ3n) is 4.08. The fourth-order valence-corrected chi connectivity index (χ4v) is 3.07. The standard InChI is InChI=1S/C15H28OSi/c1-7-9-13-10-8-11-14(12-13)16-17(5,6)15(2,3)4/h7,12-13H,1,8-11H2,2-6H3. The lowest BCUT2D eigenvalue weighted by Crippen LogP contribution is -2.40. The molecule has 0 heterocycles. The average Bonchev–Trinajstić information content (AvgIpc) is 2.16. The Morgan fingerprint density at radius 3 is 2.65 bits per heavy atom. The topological polar surface area (TPSA) is 9.23 Å². The van der Waals surface area contributed by atoms with E-state index in [1.54, 1.807) is 0 Å². The molecule has 1 rings (SSSR count). The van der Waals surface area contributed by atoms with Crippen LogP contribution in [0.3, 0.4) is 0 Å². The molecule has 98 valence electrons. The lowest BCUT2D eigenvalue weighted by molar-refractivity contribution is 0.336. The molecule has 2 heteroatoms. The van der Waals surface area contributed by atoms with Crippen molar-refractivity contribution in [3.8, 4) is 0 Å².